The molecule has 4 heteroatoms. The van der Waals surface area contributed by atoms with Gasteiger partial charge in [0.25, 0.3) is 0 Å². The molecule has 0 spiro atoms. The van der Waals surface area contributed by atoms with Gasteiger partial charge in [-0.2, -0.15) is 0 Å². The van der Waals surface area contributed by atoms with E-state index < -0.39 is 0 Å². The Balaban J connectivity index is 1.21. The van der Waals surface area contributed by atoms with Crippen molar-refractivity contribution >= 4 is 88.6 Å². The van der Waals surface area contributed by atoms with Crippen LogP contribution >= 0.6 is 0 Å². The van der Waals surface area contributed by atoms with Crippen LogP contribution in [0.5, 0.6) is 0 Å². The second-order valence-corrected chi connectivity index (χ2v) is 13.7. The fourth-order valence-corrected chi connectivity index (χ4v) is 8.75. The summed E-state index contributed by atoms with van der Waals surface area (Å²) in [6, 6.07) is 54.6. The van der Waals surface area contributed by atoms with Crippen molar-refractivity contribution in [3.8, 4) is 17.1 Å². The summed E-state index contributed by atoms with van der Waals surface area (Å²) in [5.74, 6) is 0. The van der Waals surface area contributed by atoms with Crippen molar-refractivity contribution in [3.63, 3.8) is 0 Å². The van der Waals surface area contributed by atoms with Crippen LogP contribution in [0.4, 0.5) is 0 Å². The van der Waals surface area contributed by atoms with E-state index in [0.29, 0.717) is 0 Å². The Hall–Kier alpha value is -7.04. The fraction of sp³-hybridized carbons (Fsp3) is 0.0204. The molecule has 0 fully saturated rings. The maximum Gasteiger partial charge on any atom is 0.135 e. The topological polar surface area (TPSA) is 27.9 Å². The van der Waals surface area contributed by atoms with E-state index in [1.54, 1.807) is 0 Å². The van der Waals surface area contributed by atoms with Gasteiger partial charge in [-0.3, -0.25) is 0 Å². The molecule has 250 valence electrons. The molecule has 0 aliphatic heterocycles. The van der Waals surface area contributed by atoms with Crippen molar-refractivity contribution in [2.24, 2.45) is 0 Å². The maximum atomic E-state index is 6.26. The van der Waals surface area contributed by atoms with Crippen molar-refractivity contribution in [1.29, 1.82) is 0 Å². The summed E-state index contributed by atoms with van der Waals surface area (Å²) in [6.45, 7) is 6.29. The quantitative estimate of drug-likeness (QED) is 0.178. The van der Waals surface area contributed by atoms with Gasteiger partial charge in [0.15, 0.2) is 0 Å². The molecule has 4 nitrogen and oxygen atoms in total. The van der Waals surface area contributed by atoms with E-state index in [0.717, 1.165) is 50.2 Å². The van der Waals surface area contributed by atoms with E-state index in [4.69, 9.17) is 4.42 Å². The van der Waals surface area contributed by atoms with Gasteiger partial charge in [0.05, 0.1) is 33.3 Å². The first-order valence-corrected chi connectivity index (χ1v) is 18.1. The van der Waals surface area contributed by atoms with Gasteiger partial charge in [0.2, 0.25) is 0 Å². The average Bonchev–Trinajstić information content (AvgIpc) is 3.94. The average molecular weight is 680 g/mol. The number of hydrogen-bond acceptors (Lipinski definition) is 1. The van der Waals surface area contributed by atoms with Crippen LogP contribution in [0.1, 0.15) is 18.2 Å². The number of aromatic nitrogens is 3. The van der Waals surface area contributed by atoms with E-state index in [1.807, 2.05) is 18.2 Å². The van der Waals surface area contributed by atoms with Gasteiger partial charge in [-0.15, -0.1) is 0 Å². The van der Waals surface area contributed by atoms with Crippen molar-refractivity contribution in [2.75, 3.05) is 0 Å². The Morgan fingerprint density at radius 3 is 1.57 bits per heavy atom. The molecule has 0 aliphatic carbocycles. The van der Waals surface area contributed by atoms with E-state index in [9.17, 15) is 0 Å². The lowest BCUT2D eigenvalue weighted by atomic mass is 10.1. The summed E-state index contributed by atoms with van der Waals surface area (Å²) in [4.78, 5) is 0. The Morgan fingerprint density at radius 1 is 0.453 bits per heavy atom. The molecule has 0 bridgehead atoms. The number of furan rings is 1. The standard InChI is InChI=1S/C49H33N3O/c1-3-13-34-35-14-5-9-18-43(35)50(42(34)4-2)31-22-24-32(25-23-31)51-44-19-10-6-15-36(44)39-27-28-40-37-16-7-11-20-45(37)52(49(40)48(39)51)33-26-29-47-41(30-33)38-17-8-12-21-46(38)53-47/h3-30H,2H2,1H3/b13-3-. The second kappa shape index (κ2) is 11.2. The van der Waals surface area contributed by atoms with Crippen LogP contribution in [0.2, 0.25) is 0 Å². The molecule has 11 rings (SSSR count). The minimum Gasteiger partial charge on any atom is -0.456 e. The third-order valence-corrected chi connectivity index (χ3v) is 10.9. The first kappa shape index (κ1) is 29.7. The van der Waals surface area contributed by atoms with Crippen LogP contribution in [0, 0.1) is 0 Å². The van der Waals surface area contributed by atoms with Gasteiger partial charge in [-0.05, 0) is 79.7 Å². The first-order chi connectivity index (χ1) is 26.2. The molecular weight excluding hydrogens is 647 g/mol. The highest BCUT2D eigenvalue weighted by Crippen LogP contribution is 2.43. The largest absolute Gasteiger partial charge is 0.456 e. The molecule has 7 aromatic carbocycles. The molecule has 0 radical (unpaired) electrons. The molecule has 0 unspecified atom stereocenters. The summed E-state index contributed by atoms with van der Waals surface area (Å²) in [5.41, 5.74) is 13.2. The number of nitrogens with zero attached hydrogens (tertiary/aromatic N) is 3. The highest BCUT2D eigenvalue weighted by Gasteiger charge is 2.22. The number of para-hydroxylation sites is 4. The third-order valence-electron chi connectivity index (χ3n) is 10.9. The lowest BCUT2D eigenvalue weighted by Crippen LogP contribution is -2.00. The van der Waals surface area contributed by atoms with Gasteiger partial charge >= 0.3 is 0 Å². The fourth-order valence-electron chi connectivity index (χ4n) is 8.75. The molecular formula is C49H33N3O. The lowest BCUT2D eigenvalue weighted by Gasteiger charge is -2.14. The van der Waals surface area contributed by atoms with Crippen LogP contribution in [0.25, 0.3) is 106 Å². The first-order valence-electron chi connectivity index (χ1n) is 18.1. The highest BCUT2D eigenvalue weighted by atomic mass is 16.3. The minimum absolute atomic E-state index is 0.892. The number of fused-ring (bicyclic) bond motifs is 11. The zero-order valence-electron chi connectivity index (χ0n) is 29.1. The van der Waals surface area contributed by atoms with Crippen LogP contribution in [0.15, 0.2) is 169 Å². The van der Waals surface area contributed by atoms with E-state index in [1.165, 1.54) is 54.6 Å². The van der Waals surface area contributed by atoms with Gasteiger partial charge in [-0.25, -0.2) is 0 Å². The van der Waals surface area contributed by atoms with Crippen LogP contribution in [0.3, 0.4) is 0 Å². The summed E-state index contributed by atoms with van der Waals surface area (Å²) in [5, 5.41) is 8.34. The van der Waals surface area contributed by atoms with Gasteiger partial charge in [-0.1, -0.05) is 104 Å². The van der Waals surface area contributed by atoms with E-state index in [2.05, 4.69) is 179 Å². The monoisotopic (exact) mass is 679 g/mol. The number of hydrogen-bond donors (Lipinski definition) is 0. The minimum atomic E-state index is 0.892. The maximum absolute atomic E-state index is 6.26. The van der Waals surface area contributed by atoms with Crippen LogP contribution in [-0.2, 0) is 0 Å². The summed E-state index contributed by atoms with van der Waals surface area (Å²) in [7, 11) is 0. The summed E-state index contributed by atoms with van der Waals surface area (Å²) in [6.07, 6.45) is 6.24. The van der Waals surface area contributed by atoms with Crippen LogP contribution < -0.4 is 0 Å². The van der Waals surface area contributed by atoms with Crippen molar-refractivity contribution in [1.82, 2.24) is 13.7 Å². The van der Waals surface area contributed by atoms with Crippen molar-refractivity contribution in [3.05, 3.63) is 176 Å². The van der Waals surface area contributed by atoms with Crippen molar-refractivity contribution < 1.29 is 4.42 Å². The Morgan fingerprint density at radius 2 is 0.943 bits per heavy atom. The van der Waals surface area contributed by atoms with Crippen molar-refractivity contribution in [2.45, 2.75) is 6.92 Å². The Bertz CT molecular complexity index is 3310. The van der Waals surface area contributed by atoms with E-state index >= 15 is 0 Å². The molecule has 0 amide bonds. The normalized spacial score (nSPS) is 12.2. The molecule has 0 saturated carbocycles. The van der Waals surface area contributed by atoms with E-state index in [-0.39, 0.29) is 0 Å². The molecule has 53 heavy (non-hydrogen) atoms. The zero-order valence-corrected chi connectivity index (χ0v) is 29.1. The van der Waals surface area contributed by atoms with Crippen LogP contribution in [-0.4, -0.2) is 13.7 Å². The molecule has 4 heterocycles. The smallest absolute Gasteiger partial charge is 0.135 e. The Labute approximate surface area is 305 Å². The lowest BCUT2D eigenvalue weighted by molar-refractivity contribution is 0.669. The number of rotatable bonds is 5. The molecule has 0 saturated heterocycles. The summed E-state index contributed by atoms with van der Waals surface area (Å²) >= 11 is 0. The molecule has 0 N–H and O–H groups in total. The number of benzene rings is 7. The van der Waals surface area contributed by atoms with Gasteiger partial charge in [0, 0.05) is 60.3 Å². The predicted molar refractivity (Wildman–Crippen MR) is 224 cm³/mol. The zero-order chi connectivity index (χ0) is 35.2. The molecule has 4 aromatic heterocycles. The molecule has 0 aliphatic rings. The number of allylic oxidation sites excluding steroid dienone is 1. The summed E-state index contributed by atoms with van der Waals surface area (Å²) < 4.78 is 13.5. The van der Waals surface area contributed by atoms with Gasteiger partial charge in [0.1, 0.15) is 11.2 Å². The molecule has 0 atom stereocenters. The SMILES string of the molecule is C=Cc1c(/C=C\C)c2ccccc2n1-c1ccc(-n2c3ccccc3c3ccc4c5ccccc5n(-c5ccc6oc7ccccc7c6c5)c4c32)cc1. The second-order valence-electron chi connectivity index (χ2n) is 13.7. The highest BCUT2D eigenvalue weighted by molar-refractivity contribution is 6.24. The van der Waals surface area contributed by atoms with Gasteiger partial charge < -0.3 is 18.1 Å². The predicted octanol–water partition coefficient (Wildman–Crippen LogP) is 13.4. The molecule has 11 aromatic rings. The third kappa shape index (κ3) is 4.12. The Kier molecular flexibility index (Phi) is 6.29.